The zero-order chi connectivity index (χ0) is 7.52. The molecule has 0 atom stereocenters. The Balaban J connectivity index is 1.93. The summed E-state index contributed by atoms with van der Waals surface area (Å²) in [5.41, 5.74) is 0. The zero-order valence-electron chi connectivity index (χ0n) is 6.23. The molecule has 4 heteroatoms. The summed E-state index contributed by atoms with van der Waals surface area (Å²) in [6, 6.07) is 0. The largest absolute Gasteiger partial charge is 0.378 e. The third-order valence-electron chi connectivity index (χ3n) is 1.74. The van der Waals surface area contributed by atoms with Crippen LogP contribution in [0.25, 0.3) is 0 Å². The van der Waals surface area contributed by atoms with Gasteiger partial charge in [0.2, 0.25) is 5.96 Å². The summed E-state index contributed by atoms with van der Waals surface area (Å²) in [4.78, 5) is 6.23. The minimum Gasteiger partial charge on any atom is -0.378 e. The number of morpholine rings is 1. The van der Waals surface area contributed by atoms with Gasteiger partial charge in [-0.3, -0.25) is 0 Å². The molecule has 2 rings (SSSR count). The van der Waals surface area contributed by atoms with E-state index in [1.807, 2.05) is 0 Å². The van der Waals surface area contributed by atoms with Crippen molar-refractivity contribution in [3.63, 3.8) is 0 Å². The summed E-state index contributed by atoms with van der Waals surface area (Å²) < 4.78 is 5.20. The maximum Gasteiger partial charge on any atom is 0.225 e. The van der Waals surface area contributed by atoms with E-state index >= 15 is 0 Å². The summed E-state index contributed by atoms with van der Waals surface area (Å²) in [5.74, 6) is 0.827. The molecule has 2 aliphatic heterocycles. The number of hydrogen-bond acceptors (Lipinski definition) is 3. The normalized spacial score (nSPS) is 23.3. The second kappa shape index (κ2) is 2.92. The second-order valence-electron chi connectivity index (χ2n) is 2.46. The van der Waals surface area contributed by atoms with E-state index in [9.17, 15) is 0 Å². The molecule has 11 heavy (non-hydrogen) atoms. The van der Waals surface area contributed by atoms with Crippen molar-refractivity contribution in [1.29, 1.82) is 0 Å². The highest BCUT2D eigenvalue weighted by molar-refractivity contribution is 5.82. The van der Waals surface area contributed by atoms with Crippen molar-refractivity contribution in [3.05, 3.63) is 12.4 Å². The minimum atomic E-state index is 0.786. The predicted octanol–water partition coefficient (Wildman–Crippen LogP) is -0.236. The molecule has 1 fully saturated rings. The van der Waals surface area contributed by atoms with Gasteiger partial charge in [-0.15, -0.1) is 0 Å². The molecule has 0 amide bonds. The van der Waals surface area contributed by atoms with Crippen LogP contribution >= 0.6 is 0 Å². The zero-order valence-corrected chi connectivity index (χ0v) is 6.23. The second-order valence-corrected chi connectivity index (χ2v) is 2.46. The van der Waals surface area contributed by atoms with Crippen molar-refractivity contribution >= 4 is 5.96 Å². The Bertz CT molecular complexity index is 194. The first-order valence-corrected chi connectivity index (χ1v) is 3.73. The highest BCUT2D eigenvalue weighted by Crippen LogP contribution is 2.01. The molecule has 0 aromatic carbocycles. The number of ether oxygens (including phenoxy) is 1. The highest BCUT2D eigenvalue weighted by Gasteiger charge is 2.16. The third kappa shape index (κ3) is 1.35. The molecule has 0 unspecified atom stereocenters. The molecule has 1 saturated heterocycles. The molecule has 0 aromatic heterocycles. The topological polar surface area (TPSA) is 38.9 Å². The summed E-state index contributed by atoms with van der Waals surface area (Å²) in [7, 11) is 0. The fourth-order valence-corrected chi connectivity index (χ4v) is 1.16. The van der Waals surface area contributed by atoms with Crippen LogP contribution in [0, 0.1) is 0 Å². The van der Waals surface area contributed by atoms with Gasteiger partial charge in [0.05, 0.1) is 13.2 Å². The van der Waals surface area contributed by atoms with E-state index in [-0.39, 0.29) is 0 Å². The molecule has 59 valence electrons. The molecule has 0 bridgehead atoms. The van der Waals surface area contributed by atoms with Crippen LogP contribution in [0.3, 0.4) is 0 Å². The molecule has 0 aromatic rings. The van der Waals surface area contributed by atoms with E-state index in [4.69, 9.17) is 4.74 Å². The van der Waals surface area contributed by atoms with Crippen molar-refractivity contribution in [3.8, 4) is 0 Å². The lowest BCUT2D eigenvalue weighted by Crippen LogP contribution is -2.42. The van der Waals surface area contributed by atoms with Crippen molar-refractivity contribution in [2.24, 2.45) is 4.99 Å². The Kier molecular flexibility index (Phi) is 1.77. The van der Waals surface area contributed by atoms with Gasteiger partial charge < -0.3 is 9.64 Å². The summed E-state index contributed by atoms with van der Waals surface area (Å²) >= 11 is 0. The monoisotopic (exact) mass is 152 g/mol. The van der Waals surface area contributed by atoms with Gasteiger partial charge in [0.25, 0.3) is 0 Å². The number of nitrogens with zero attached hydrogens (tertiary/aromatic N) is 3. The lowest BCUT2D eigenvalue weighted by Gasteiger charge is -2.27. The molecule has 2 heterocycles. The number of hydrogen-bond donors (Lipinski definition) is 0. The van der Waals surface area contributed by atoms with Gasteiger partial charge in [-0.2, -0.15) is 0 Å². The van der Waals surface area contributed by atoms with Gasteiger partial charge in [-0.1, -0.05) is 0 Å². The maximum absolute atomic E-state index is 5.20. The molecular weight excluding hydrogens is 142 g/mol. The van der Waals surface area contributed by atoms with Crippen molar-refractivity contribution in [1.82, 2.24) is 10.2 Å². The van der Waals surface area contributed by atoms with Gasteiger partial charge in [0, 0.05) is 25.5 Å². The molecule has 2 aliphatic rings. The number of guanidine groups is 1. The Morgan fingerprint density at radius 2 is 2.09 bits per heavy atom. The van der Waals surface area contributed by atoms with Crippen LogP contribution in [0.15, 0.2) is 17.4 Å². The van der Waals surface area contributed by atoms with E-state index in [2.05, 4.69) is 15.2 Å². The molecule has 0 spiro atoms. The number of aliphatic imine (C=N–C) groups is 1. The highest BCUT2D eigenvalue weighted by atomic mass is 16.5. The van der Waals surface area contributed by atoms with E-state index in [0.29, 0.717) is 0 Å². The van der Waals surface area contributed by atoms with E-state index in [1.54, 1.807) is 12.4 Å². The lowest BCUT2D eigenvalue weighted by atomic mass is 10.4. The Morgan fingerprint density at radius 3 is 2.73 bits per heavy atom. The van der Waals surface area contributed by atoms with Crippen LogP contribution in [-0.2, 0) is 4.74 Å². The average Bonchev–Trinajstić information content (AvgIpc) is 2.58. The first-order valence-electron chi connectivity index (χ1n) is 3.73. The SMILES string of the molecule is C1=CN=C(N2CCOCC2)[N]1. The van der Waals surface area contributed by atoms with Crippen LogP contribution in [0.4, 0.5) is 0 Å². The van der Waals surface area contributed by atoms with Crippen LogP contribution in [-0.4, -0.2) is 37.2 Å². The standard InChI is InChI=1S/C7H10N3O/c1-2-9-7(8-1)10-3-5-11-6-4-10/h1-2H,3-6H2. The first kappa shape index (κ1) is 6.67. The molecule has 4 nitrogen and oxygen atoms in total. The van der Waals surface area contributed by atoms with Gasteiger partial charge in [0.1, 0.15) is 0 Å². The van der Waals surface area contributed by atoms with E-state index in [1.165, 1.54) is 0 Å². The maximum atomic E-state index is 5.20. The van der Waals surface area contributed by atoms with E-state index < -0.39 is 0 Å². The summed E-state index contributed by atoms with van der Waals surface area (Å²) in [6.45, 7) is 3.39. The van der Waals surface area contributed by atoms with Crippen LogP contribution in [0.5, 0.6) is 0 Å². The van der Waals surface area contributed by atoms with Gasteiger partial charge in [-0.05, 0) is 0 Å². The molecule has 0 N–H and O–H groups in total. The quantitative estimate of drug-likeness (QED) is 0.480. The summed E-state index contributed by atoms with van der Waals surface area (Å²) in [5, 5.41) is 4.10. The average molecular weight is 152 g/mol. The minimum absolute atomic E-state index is 0.786. The fraction of sp³-hybridized carbons (Fsp3) is 0.571. The molecule has 0 saturated carbocycles. The van der Waals surface area contributed by atoms with Crippen LogP contribution < -0.4 is 5.32 Å². The van der Waals surface area contributed by atoms with Crippen molar-refractivity contribution < 1.29 is 4.74 Å². The molecular formula is C7H10N3O. The Morgan fingerprint density at radius 1 is 1.27 bits per heavy atom. The Labute approximate surface area is 65.5 Å². The fourth-order valence-electron chi connectivity index (χ4n) is 1.16. The summed E-state index contributed by atoms with van der Waals surface area (Å²) in [6.07, 6.45) is 3.43. The van der Waals surface area contributed by atoms with Gasteiger partial charge in [-0.25, -0.2) is 10.3 Å². The smallest absolute Gasteiger partial charge is 0.225 e. The lowest BCUT2D eigenvalue weighted by molar-refractivity contribution is 0.0670. The van der Waals surface area contributed by atoms with Gasteiger partial charge >= 0.3 is 0 Å². The predicted molar refractivity (Wildman–Crippen MR) is 41.1 cm³/mol. The van der Waals surface area contributed by atoms with Crippen LogP contribution in [0.2, 0.25) is 0 Å². The number of rotatable bonds is 0. The van der Waals surface area contributed by atoms with Crippen LogP contribution in [0.1, 0.15) is 0 Å². The third-order valence-corrected chi connectivity index (χ3v) is 1.74. The van der Waals surface area contributed by atoms with Crippen molar-refractivity contribution in [2.45, 2.75) is 0 Å². The molecule has 0 aliphatic carbocycles. The van der Waals surface area contributed by atoms with Gasteiger partial charge in [0.15, 0.2) is 0 Å². The molecule has 1 radical (unpaired) electrons. The first-order chi connectivity index (χ1) is 5.47. The van der Waals surface area contributed by atoms with Crippen molar-refractivity contribution in [2.75, 3.05) is 26.3 Å². The van der Waals surface area contributed by atoms with E-state index in [0.717, 1.165) is 32.3 Å². The Hall–Kier alpha value is -1.03.